The molecule has 0 aliphatic carbocycles. The monoisotopic (exact) mass is 273 g/mol. The highest BCUT2D eigenvalue weighted by Crippen LogP contribution is 2.18. The van der Waals surface area contributed by atoms with Crippen molar-refractivity contribution in [2.24, 2.45) is 0 Å². The summed E-state index contributed by atoms with van der Waals surface area (Å²) in [7, 11) is 0. The van der Waals surface area contributed by atoms with Crippen molar-refractivity contribution in [3.05, 3.63) is 47.8 Å². The van der Waals surface area contributed by atoms with Gasteiger partial charge in [0.15, 0.2) is 0 Å². The van der Waals surface area contributed by atoms with E-state index in [1.165, 1.54) is 17.3 Å². The van der Waals surface area contributed by atoms with Gasteiger partial charge in [-0.25, -0.2) is 0 Å². The summed E-state index contributed by atoms with van der Waals surface area (Å²) >= 11 is 0. The number of anilines is 1. The second-order valence-corrected chi connectivity index (χ2v) is 4.42. The van der Waals surface area contributed by atoms with E-state index in [1.54, 1.807) is 12.1 Å². The first-order chi connectivity index (χ1) is 9.58. The summed E-state index contributed by atoms with van der Waals surface area (Å²) in [6, 6.07) is 7.36. The molecule has 0 radical (unpaired) electrons. The fourth-order valence-electron chi connectivity index (χ4n) is 1.80. The summed E-state index contributed by atoms with van der Waals surface area (Å²) < 4.78 is 0. The zero-order valence-corrected chi connectivity index (χ0v) is 11.0. The van der Waals surface area contributed by atoms with E-state index < -0.39 is 5.97 Å². The molecule has 0 aliphatic heterocycles. The molecule has 0 aliphatic rings. The van der Waals surface area contributed by atoms with Gasteiger partial charge in [0.2, 0.25) is 0 Å². The van der Waals surface area contributed by atoms with Gasteiger partial charge in [0.25, 0.3) is 5.91 Å². The number of hydrogen-bond acceptors (Lipinski definition) is 3. The molecule has 6 nitrogen and oxygen atoms in total. The van der Waals surface area contributed by atoms with Crippen LogP contribution in [-0.4, -0.2) is 33.7 Å². The minimum atomic E-state index is -0.942. The largest absolute Gasteiger partial charge is 0.481 e. The fraction of sp³-hybridized carbons (Fsp3) is 0.214. The lowest BCUT2D eigenvalue weighted by molar-refractivity contribution is -0.136. The van der Waals surface area contributed by atoms with Crippen molar-refractivity contribution in [2.75, 3.05) is 11.4 Å². The van der Waals surface area contributed by atoms with Gasteiger partial charge in [0.05, 0.1) is 18.2 Å². The molecule has 2 N–H and O–H groups in total. The quantitative estimate of drug-likeness (QED) is 0.870. The zero-order valence-electron chi connectivity index (χ0n) is 11.0. The molecule has 1 amide bonds. The Morgan fingerprint density at radius 3 is 2.55 bits per heavy atom. The second kappa shape index (κ2) is 6.01. The smallest absolute Gasteiger partial charge is 0.305 e. The first kappa shape index (κ1) is 13.8. The van der Waals surface area contributed by atoms with Gasteiger partial charge in [0.1, 0.15) is 0 Å². The second-order valence-electron chi connectivity index (χ2n) is 4.42. The molecule has 2 rings (SSSR count). The summed E-state index contributed by atoms with van der Waals surface area (Å²) in [6.07, 6.45) is 2.80. The zero-order chi connectivity index (χ0) is 14.5. The number of nitrogens with zero attached hydrogens (tertiary/aromatic N) is 2. The van der Waals surface area contributed by atoms with E-state index in [4.69, 9.17) is 5.11 Å². The molecule has 104 valence electrons. The van der Waals surface area contributed by atoms with E-state index in [1.807, 2.05) is 19.1 Å². The first-order valence-electron chi connectivity index (χ1n) is 6.17. The lowest BCUT2D eigenvalue weighted by atomic mass is 10.2. The van der Waals surface area contributed by atoms with Gasteiger partial charge in [0, 0.05) is 18.4 Å². The third-order valence-electron chi connectivity index (χ3n) is 2.89. The maximum atomic E-state index is 12.4. The van der Waals surface area contributed by atoms with Crippen molar-refractivity contribution in [1.29, 1.82) is 0 Å². The van der Waals surface area contributed by atoms with Gasteiger partial charge in [-0.15, -0.1) is 0 Å². The highest BCUT2D eigenvalue weighted by atomic mass is 16.4. The summed E-state index contributed by atoms with van der Waals surface area (Å²) in [6.45, 7) is 2.06. The van der Waals surface area contributed by atoms with Crippen molar-refractivity contribution >= 4 is 17.6 Å². The van der Waals surface area contributed by atoms with E-state index in [0.29, 0.717) is 11.3 Å². The Bertz CT molecular complexity index is 591. The van der Waals surface area contributed by atoms with E-state index in [9.17, 15) is 9.59 Å². The molecule has 0 saturated heterocycles. The Balaban J connectivity index is 2.26. The fourth-order valence-corrected chi connectivity index (χ4v) is 1.80. The Hall–Kier alpha value is -2.63. The van der Waals surface area contributed by atoms with Crippen molar-refractivity contribution in [2.45, 2.75) is 13.3 Å². The topological polar surface area (TPSA) is 86.3 Å². The van der Waals surface area contributed by atoms with Gasteiger partial charge in [-0.3, -0.25) is 14.7 Å². The molecule has 0 bridgehead atoms. The highest BCUT2D eigenvalue weighted by Gasteiger charge is 2.19. The van der Waals surface area contributed by atoms with Crippen molar-refractivity contribution < 1.29 is 14.7 Å². The van der Waals surface area contributed by atoms with Crippen LogP contribution < -0.4 is 4.90 Å². The van der Waals surface area contributed by atoms with E-state index in [2.05, 4.69) is 10.2 Å². The van der Waals surface area contributed by atoms with Gasteiger partial charge in [-0.05, 0) is 19.1 Å². The standard InChI is InChI=1S/C14H15N3O3/c1-10-2-4-12(5-3-10)17(7-6-13(18)19)14(20)11-8-15-16-9-11/h2-5,8-9H,6-7H2,1H3,(H,15,16)(H,18,19). The Kier molecular flexibility index (Phi) is 4.14. The van der Waals surface area contributed by atoms with E-state index in [-0.39, 0.29) is 18.9 Å². The summed E-state index contributed by atoms with van der Waals surface area (Å²) in [4.78, 5) is 24.6. The Morgan fingerprint density at radius 2 is 2.00 bits per heavy atom. The van der Waals surface area contributed by atoms with Crippen LogP contribution in [0.2, 0.25) is 0 Å². The molecule has 6 heteroatoms. The third-order valence-corrected chi connectivity index (χ3v) is 2.89. The number of carbonyl (C=O) groups is 2. The summed E-state index contributed by atoms with van der Waals surface area (Å²) in [5.74, 6) is -1.22. The van der Waals surface area contributed by atoms with E-state index in [0.717, 1.165) is 5.56 Å². The maximum absolute atomic E-state index is 12.4. The molecule has 2 aromatic rings. The Labute approximate surface area is 116 Å². The lowest BCUT2D eigenvalue weighted by Crippen LogP contribution is -2.32. The van der Waals surface area contributed by atoms with Crippen LogP contribution in [0.4, 0.5) is 5.69 Å². The number of rotatable bonds is 5. The van der Waals surface area contributed by atoms with Crippen LogP contribution >= 0.6 is 0 Å². The predicted octanol–water partition coefficient (Wildman–Crippen LogP) is 1.84. The van der Waals surface area contributed by atoms with Crippen molar-refractivity contribution in [1.82, 2.24) is 10.2 Å². The first-order valence-corrected chi connectivity index (χ1v) is 6.17. The molecule has 0 spiro atoms. The van der Waals surface area contributed by atoms with Crippen LogP contribution in [0.25, 0.3) is 0 Å². The number of aromatic nitrogens is 2. The average Bonchev–Trinajstić information content (AvgIpc) is 2.94. The molecule has 1 heterocycles. The van der Waals surface area contributed by atoms with E-state index >= 15 is 0 Å². The molecular weight excluding hydrogens is 258 g/mol. The summed E-state index contributed by atoms with van der Waals surface area (Å²) in [5.41, 5.74) is 2.14. The molecule has 0 unspecified atom stereocenters. The predicted molar refractivity (Wildman–Crippen MR) is 73.7 cm³/mol. The van der Waals surface area contributed by atoms with Crippen LogP contribution in [0.5, 0.6) is 0 Å². The highest BCUT2D eigenvalue weighted by molar-refractivity contribution is 6.06. The van der Waals surface area contributed by atoms with Crippen LogP contribution in [0.15, 0.2) is 36.7 Å². The number of nitrogens with one attached hydrogen (secondary N) is 1. The van der Waals surface area contributed by atoms with Crippen molar-refractivity contribution in [3.63, 3.8) is 0 Å². The minimum Gasteiger partial charge on any atom is -0.481 e. The normalized spacial score (nSPS) is 10.2. The molecule has 20 heavy (non-hydrogen) atoms. The molecule has 1 aromatic heterocycles. The Morgan fingerprint density at radius 1 is 1.30 bits per heavy atom. The number of amides is 1. The van der Waals surface area contributed by atoms with Crippen LogP contribution in [0.1, 0.15) is 22.3 Å². The van der Waals surface area contributed by atoms with Crippen LogP contribution in [0, 0.1) is 6.92 Å². The molecular formula is C14H15N3O3. The number of carbonyl (C=O) groups excluding carboxylic acids is 1. The van der Waals surface area contributed by atoms with Gasteiger partial charge in [-0.2, -0.15) is 5.10 Å². The van der Waals surface area contributed by atoms with Crippen LogP contribution in [0.3, 0.4) is 0 Å². The average molecular weight is 273 g/mol. The number of aliphatic carboxylic acids is 1. The minimum absolute atomic E-state index is 0.113. The maximum Gasteiger partial charge on any atom is 0.305 e. The van der Waals surface area contributed by atoms with Crippen LogP contribution in [-0.2, 0) is 4.79 Å². The number of aryl methyl sites for hydroxylation is 1. The summed E-state index contributed by atoms with van der Waals surface area (Å²) in [5, 5.41) is 15.1. The van der Waals surface area contributed by atoms with Gasteiger partial charge >= 0.3 is 5.97 Å². The lowest BCUT2D eigenvalue weighted by Gasteiger charge is -2.21. The molecule has 0 saturated carbocycles. The molecule has 1 aromatic carbocycles. The number of benzene rings is 1. The molecule has 0 atom stereocenters. The van der Waals surface area contributed by atoms with Crippen molar-refractivity contribution in [3.8, 4) is 0 Å². The molecule has 0 fully saturated rings. The number of carboxylic acids is 1. The van der Waals surface area contributed by atoms with Gasteiger partial charge < -0.3 is 10.0 Å². The SMILES string of the molecule is Cc1ccc(N(CCC(=O)O)C(=O)c2cn[nH]c2)cc1. The number of aromatic amines is 1. The van der Waals surface area contributed by atoms with Gasteiger partial charge in [-0.1, -0.05) is 17.7 Å². The third kappa shape index (κ3) is 3.23. The number of H-pyrrole nitrogens is 1. The number of carboxylic acid groups (broad SMARTS) is 1. The number of hydrogen-bond donors (Lipinski definition) is 2.